The van der Waals surface area contributed by atoms with E-state index in [1.54, 1.807) is 0 Å². The standard InChI is InChI=1S/C12H21N3O/c1-9-7-11(16-14-9)8-15-6-4-3-5-12(15)10(2)13/h7,10,12H,3-6,8,13H2,1-2H3. The lowest BCUT2D eigenvalue weighted by Crippen LogP contribution is -2.48. The fourth-order valence-corrected chi connectivity index (χ4v) is 2.50. The van der Waals surface area contributed by atoms with Gasteiger partial charge in [-0.15, -0.1) is 0 Å². The Balaban J connectivity index is 2.01. The highest BCUT2D eigenvalue weighted by atomic mass is 16.5. The van der Waals surface area contributed by atoms with E-state index in [0.29, 0.717) is 6.04 Å². The zero-order chi connectivity index (χ0) is 11.5. The van der Waals surface area contributed by atoms with Crippen molar-refractivity contribution in [2.24, 2.45) is 5.73 Å². The first kappa shape index (κ1) is 11.6. The van der Waals surface area contributed by atoms with Gasteiger partial charge in [0.25, 0.3) is 0 Å². The number of nitrogens with zero attached hydrogens (tertiary/aromatic N) is 2. The molecule has 1 fully saturated rings. The third kappa shape index (κ3) is 2.62. The molecule has 1 saturated heterocycles. The van der Waals surface area contributed by atoms with Crippen LogP contribution in [0.25, 0.3) is 0 Å². The summed E-state index contributed by atoms with van der Waals surface area (Å²) in [7, 11) is 0. The van der Waals surface area contributed by atoms with Crippen LogP contribution < -0.4 is 5.73 Å². The minimum atomic E-state index is 0.226. The summed E-state index contributed by atoms with van der Waals surface area (Å²) >= 11 is 0. The van der Waals surface area contributed by atoms with Crippen LogP contribution >= 0.6 is 0 Å². The van der Waals surface area contributed by atoms with Crippen molar-refractivity contribution in [3.8, 4) is 0 Å². The lowest BCUT2D eigenvalue weighted by Gasteiger charge is -2.37. The Morgan fingerprint density at radius 2 is 2.44 bits per heavy atom. The molecule has 1 aromatic rings. The normalized spacial score (nSPS) is 24.6. The number of hydrogen-bond donors (Lipinski definition) is 1. The highest BCUT2D eigenvalue weighted by Gasteiger charge is 2.26. The lowest BCUT2D eigenvalue weighted by atomic mass is 9.97. The van der Waals surface area contributed by atoms with Crippen LogP contribution in [0.15, 0.2) is 10.6 Å². The van der Waals surface area contributed by atoms with Crippen molar-refractivity contribution in [1.29, 1.82) is 0 Å². The Labute approximate surface area is 96.8 Å². The van der Waals surface area contributed by atoms with Crippen LogP contribution in [0.5, 0.6) is 0 Å². The minimum Gasteiger partial charge on any atom is -0.360 e. The fraction of sp³-hybridized carbons (Fsp3) is 0.750. The molecule has 0 bridgehead atoms. The van der Waals surface area contributed by atoms with Gasteiger partial charge in [0, 0.05) is 18.2 Å². The van der Waals surface area contributed by atoms with Crippen molar-refractivity contribution in [2.45, 2.75) is 51.7 Å². The molecule has 0 saturated carbocycles. The molecule has 2 atom stereocenters. The van der Waals surface area contributed by atoms with Gasteiger partial charge in [0.15, 0.2) is 5.76 Å². The van der Waals surface area contributed by atoms with E-state index in [4.69, 9.17) is 10.3 Å². The first-order valence-corrected chi connectivity index (χ1v) is 6.08. The van der Waals surface area contributed by atoms with Gasteiger partial charge in [-0.1, -0.05) is 11.6 Å². The second-order valence-corrected chi connectivity index (χ2v) is 4.83. The summed E-state index contributed by atoms with van der Waals surface area (Å²) in [5.74, 6) is 0.949. The Morgan fingerprint density at radius 1 is 1.62 bits per heavy atom. The Bertz CT molecular complexity index is 335. The Hall–Kier alpha value is -0.870. The second kappa shape index (κ2) is 4.97. The molecule has 0 aliphatic carbocycles. The van der Waals surface area contributed by atoms with Gasteiger partial charge in [0.2, 0.25) is 0 Å². The van der Waals surface area contributed by atoms with Gasteiger partial charge in [0.05, 0.1) is 12.2 Å². The number of likely N-dealkylation sites (tertiary alicyclic amines) is 1. The SMILES string of the molecule is Cc1cc(CN2CCCCC2C(C)N)on1. The Kier molecular flexibility index (Phi) is 3.61. The maximum atomic E-state index is 6.03. The molecule has 2 unspecified atom stereocenters. The van der Waals surface area contributed by atoms with Crippen molar-refractivity contribution in [3.63, 3.8) is 0 Å². The van der Waals surface area contributed by atoms with Crippen LogP contribution in [0.2, 0.25) is 0 Å². The van der Waals surface area contributed by atoms with Crippen molar-refractivity contribution in [2.75, 3.05) is 6.54 Å². The molecule has 2 heterocycles. The maximum Gasteiger partial charge on any atom is 0.150 e. The zero-order valence-corrected chi connectivity index (χ0v) is 10.1. The van der Waals surface area contributed by atoms with Crippen LogP contribution in [0.3, 0.4) is 0 Å². The van der Waals surface area contributed by atoms with E-state index < -0.39 is 0 Å². The summed E-state index contributed by atoms with van der Waals surface area (Å²) in [5, 5.41) is 3.92. The first-order valence-electron chi connectivity index (χ1n) is 6.08. The fourth-order valence-electron chi connectivity index (χ4n) is 2.50. The van der Waals surface area contributed by atoms with E-state index in [0.717, 1.165) is 24.5 Å². The molecule has 4 heteroatoms. The van der Waals surface area contributed by atoms with E-state index in [1.807, 2.05) is 13.0 Å². The van der Waals surface area contributed by atoms with Gasteiger partial charge in [-0.05, 0) is 33.2 Å². The van der Waals surface area contributed by atoms with Gasteiger partial charge in [-0.3, -0.25) is 4.90 Å². The zero-order valence-electron chi connectivity index (χ0n) is 10.1. The molecule has 90 valence electrons. The third-order valence-electron chi connectivity index (χ3n) is 3.31. The number of aromatic nitrogens is 1. The van der Waals surface area contributed by atoms with Gasteiger partial charge < -0.3 is 10.3 Å². The van der Waals surface area contributed by atoms with Gasteiger partial charge >= 0.3 is 0 Å². The molecular formula is C12H21N3O. The van der Waals surface area contributed by atoms with Crippen molar-refractivity contribution in [1.82, 2.24) is 10.1 Å². The summed E-state index contributed by atoms with van der Waals surface area (Å²) in [6.07, 6.45) is 3.75. The molecule has 0 radical (unpaired) electrons. The van der Waals surface area contributed by atoms with Crippen molar-refractivity contribution in [3.05, 3.63) is 17.5 Å². The monoisotopic (exact) mass is 223 g/mol. The highest BCUT2D eigenvalue weighted by Crippen LogP contribution is 2.21. The summed E-state index contributed by atoms with van der Waals surface area (Å²) in [4.78, 5) is 2.42. The molecule has 1 aromatic heterocycles. The van der Waals surface area contributed by atoms with Crippen molar-refractivity contribution < 1.29 is 4.52 Å². The van der Waals surface area contributed by atoms with E-state index in [-0.39, 0.29) is 6.04 Å². The quantitative estimate of drug-likeness (QED) is 0.847. The predicted molar refractivity (Wildman–Crippen MR) is 62.9 cm³/mol. The van der Waals surface area contributed by atoms with E-state index in [1.165, 1.54) is 19.3 Å². The molecule has 0 amide bonds. The molecular weight excluding hydrogens is 202 g/mol. The van der Waals surface area contributed by atoms with Gasteiger partial charge in [-0.2, -0.15) is 0 Å². The molecule has 1 aliphatic rings. The van der Waals surface area contributed by atoms with E-state index in [9.17, 15) is 0 Å². The lowest BCUT2D eigenvalue weighted by molar-refractivity contribution is 0.111. The van der Waals surface area contributed by atoms with E-state index >= 15 is 0 Å². The smallest absolute Gasteiger partial charge is 0.150 e. The third-order valence-corrected chi connectivity index (χ3v) is 3.31. The van der Waals surface area contributed by atoms with Crippen LogP contribution in [-0.4, -0.2) is 28.7 Å². The summed E-state index contributed by atoms with van der Waals surface area (Å²) < 4.78 is 5.26. The Morgan fingerprint density at radius 3 is 3.06 bits per heavy atom. The van der Waals surface area contributed by atoms with Crippen LogP contribution in [0.4, 0.5) is 0 Å². The summed E-state index contributed by atoms with van der Waals surface area (Å²) in [6.45, 7) is 6.00. The van der Waals surface area contributed by atoms with Crippen LogP contribution in [0.1, 0.15) is 37.6 Å². The topological polar surface area (TPSA) is 55.3 Å². The largest absolute Gasteiger partial charge is 0.360 e. The molecule has 4 nitrogen and oxygen atoms in total. The van der Waals surface area contributed by atoms with E-state index in [2.05, 4.69) is 17.0 Å². The minimum absolute atomic E-state index is 0.226. The number of nitrogens with two attached hydrogens (primary N) is 1. The second-order valence-electron chi connectivity index (χ2n) is 4.83. The maximum absolute atomic E-state index is 6.03. The average molecular weight is 223 g/mol. The molecule has 0 spiro atoms. The highest BCUT2D eigenvalue weighted by molar-refractivity contribution is 5.03. The summed E-state index contributed by atoms with van der Waals surface area (Å²) in [6, 6.07) is 2.72. The number of aryl methyl sites for hydroxylation is 1. The number of hydrogen-bond acceptors (Lipinski definition) is 4. The molecule has 2 N–H and O–H groups in total. The van der Waals surface area contributed by atoms with Crippen LogP contribution in [-0.2, 0) is 6.54 Å². The molecule has 1 aliphatic heterocycles. The number of rotatable bonds is 3. The summed E-state index contributed by atoms with van der Waals surface area (Å²) in [5.41, 5.74) is 6.98. The molecule has 16 heavy (non-hydrogen) atoms. The van der Waals surface area contributed by atoms with Crippen LogP contribution in [0, 0.1) is 6.92 Å². The first-order chi connectivity index (χ1) is 7.66. The number of piperidine rings is 1. The van der Waals surface area contributed by atoms with Crippen molar-refractivity contribution >= 4 is 0 Å². The molecule has 2 rings (SSSR count). The molecule has 0 aromatic carbocycles. The van der Waals surface area contributed by atoms with Gasteiger partial charge in [-0.25, -0.2) is 0 Å². The van der Waals surface area contributed by atoms with Gasteiger partial charge in [0.1, 0.15) is 0 Å². The predicted octanol–water partition coefficient (Wildman–Crippen LogP) is 1.68. The average Bonchev–Trinajstić information content (AvgIpc) is 2.64.